The molecule has 3 heteroatoms. The Labute approximate surface area is 88.7 Å². The van der Waals surface area contributed by atoms with Crippen molar-refractivity contribution in [3.05, 3.63) is 35.4 Å². The van der Waals surface area contributed by atoms with E-state index < -0.39 is 17.2 Å². The van der Waals surface area contributed by atoms with Crippen LogP contribution in [-0.4, -0.2) is 5.11 Å². The van der Waals surface area contributed by atoms with Gasteiger partial charge in [-0.25, -0.2) is 8.78 Å². The van der Waals surface area contributed by atoms with Gasteiger partial charge >= 0.3 is 0 Å². The van der Waals surface area contributed by atoms with Gasteiger partial charge in [0.2, 0.25) is 0 Å². The van der Waals surface area contributed by atoms with Crippen LogP contribution in [0.5, 0.6) is 0 Å². The highest BCUT2D eigenvalue weighted by molar-refractivity contribution is 5.24. The zero-order chi connectivity index (χ0) is 11.6. The van der Waals surface area contributed by atoms with Crippen molar-refractivity contribution in [1.82, 2.24) is 0 Å². The molecule has 0 aliphatic rings. The van der Waals surface area contributed by atoms with Gasteiger partial charge < -0.3 is 5.11 Å². The largest absolute Gasteiger partial charge is 0.385 e. The first-order valence-electron chi connectivity index (χ1n) is 5.07. The van der Waals surface area contributed by atoms with Gasteiger partial charge in [0.25, 0.3) is 0 Å². The molecule has 15 heavy (non-hydrogen) atoms. The molecular weight excluding hydrogens is 198 g/mol. The van der Waals surface area contributed by atoms with Crippen LogP contribution in [0.1, 0.15) is 32.8 Å². The minimum atomic E-state index is -1.20. The predicted molar refractivity (Wildman–Crippen MR) is 55.4 cm³/mol. The summed E-state index contributed by atoms with van der Waals surface area (Å²) in [6, 6.07) is 3.15. The average molecular weight is 214 g/mol. The van der Waals surface area contributed by atoms with Crippen LogP contribution in [0.4, 0.5) is 8.78 Å². The second kappa shape index (κ2) is 4.27. The second-order valence-corrected chi connectivity index (χ2v) is 4.11. The van der Waals surface area contributed by atoms with Crippen LogP contribution in [0.2, 0.25) is 0 Å². The topological polar surface area (TPSA) is 20.2 Å². The lowest BCUT2D eigenvalue weighted by Crippen LogP contribution is -2.29. The third-order valence-electron chi connectivity index (χ3n) is 3.02. The maximum atomic E-state index is 13.0. The summed E-state index contributed by atoms with van der Waals surface area (Å²) >= 11 is 0. The van der Waals surface area contributed by atoms with Crippen LogP contribution in [0.3, 0.4) is 0 Å². The molecule has 0 heterocycles. The lowest BCUT2D eigenvalue weighted by molar-refractivity contribution is -0.000521. The molecule has 0 fully saturated rings. The van der Waals surface area contributed by atoms with E-state index in [0.717, 1.165) is 12.5 Å². The van der Waals surface area contributed by atoms with Crippen molar-refractivity contribution < 1.29 is 13.9 Å². The SMILES string of the molecule is CCC(C)C(C)(O)c1cc(F)cc(F)c1. The van der Waals surface area contributed by atoms with Crippen molar-refractivity contribution in [1.29, 1.82) is 0 Å². The summed E-state index contributed by atoms with van der Waals surface area (Å²) < 4.78 is 25.9. The van der Waals surface area contributed by atoms with Crippen molar-refractivity contribution in [3.63, 3.8) is 0 Å². The highest BCUT2D eigenvalue weighted by Gasteiger charge is 2.29. The zero-order valence-electron chi connectivity index (χ0n) is 9.22. The summed E-state index contributed by atoms with van der Waals surface area (Å²) in [6.07, 6.45) is 0.741. The van der Waals surface area contributed by atoms with E-state index in [-0.39, 0.29) is 11.5 Å². The molecule has 0 radical (unpaired) electrons. The first-order valence-corrected chi connectivity index (χ1v) is 5.07. The lowest BCUT2D eigenvalue weighted by atomic mass is 9.82. The monoisotopic (exact) mass is 214 g/mol. The molecule has 0 aliphatic carbocycles. The minimum Gasteiger partial charge on any atom is -0.385 e. The van der Waals surface area contributed by atoms with E-state index >= 15 is 0 Å². The molecule has 0 spiro atoms. The Bertz CT molecular complexity index is 327. The molecule has 0 amide bonds. The third kappa shape index (κ3) is 2.53. The van der Waals surface area contributed by atoms with Crippen LogP contribution in [0.25, 0.3) is 0 Å². The molecule has 1 nitrogen and oxygen atoms in total. The van der Waals surface area contributed by atoms with Crippen molar-refractivity contribution in [2.75, 3.05) is 0 Å². The molecule has 1 rings (SSSR count). The molecule has 1 aromatic carbocycles. The molecule has 0 aliphatic heterocycles. The van der Waals surface area contributed by atoms with E-state index in [4.69, 9.17) is 0 Å². The van der Waals surface area contributed by atoms with Gasteiger partial charge in [0.1, 0.15) is 11.6 Å². The number of hydrogen-bond donors (Lipinski definition) is 1. The molecule has 0 saturated heterocycles. The quantitative estimate of drug-likeness (QED) is 0.819. The number of halogens is 2. The summed E-state index contributed by atoms with van der Waals surface area (Å²) in [5, 5.41) is 10.2. The highest BCUT2D eigenvalue weighted by atomic mass is 19.1. The van der Waals surface area contributed by atoms with Gasteiger partial charge in [0.05, 0.1) is 5.60 Å². The fraction of sp³-hybridized carbons (Fsp3) is 0.500. The van der Waals surface area contributed by atoms with Crippen LogP contribution in [-0.2, 0) is 5.60 Å². The molecular formula is C12H16F2O. The van der Waals surface area contributed by atoms with Gasteiger partial charge in [-0.2, -0.15) is 0 Å². The average Bonchev–Trinajstić information content (AvgIpc) is 2.15. The van der Waals surface area contributed by atoms with E-state index in [0.29, 0.717) is 0 Å². The Kier molecular flexibility index (Phi) is 3.45. The Hall–Kier alpha value is -0.960. The van der Waals surface area contributed by atoms with Crippen LogP contribution >= 0.6 is 0 Å². The fourth-order valence-corrected chi connectivity index (χ4v) is 1.53. The summed E-state index contributed by atoms with van der Waals surface area (Å²) in [7, 11) is 0. The molecule has 1 aromatic rings. The van der Waals surface area contributed by atoms with E-state index in [2.05, 4.69) is 0 Å². The molecule has 0 saturated carbocycles. The molecule has 0 aromatic heterocycles. The van der Waals surface area contributed by atoms with Gasteiger partial charge in [0, 0.05) is 6.07 Å². The maximum absolute atomic E-state index is 13.0. The van der Waals surface area contributed by atoms with E-state index in [9.17, 15) is 13.9 Å². The van der Waals surface area contributed by atoms with Gasteiger partial charge in [-0.15, -0.1) is 0 Å². The number of rotatable bonds is 3. The van der Waals surface area contributed by atoms with Crippen molar-refractivity contribution in [3.8, 4) is 0 Å². The van der Waals surface area contributed by atoms with Crippen LogP contribution < -0.4 is 0 Å². The van der Waals surface area contributed by atoms with E-state index in [1.807, 2.05) is 13.8 Å². The van der Waals surface area contributed by atoms with Crippen molar-refractivity contribution >= 4 is 0 Å². The van der Waals surface area contributed by atoms with Gasteiger partial charge in [-0.3, -0.25) is 0 Å². The molecule has 2 atom stereocenters. The van der Waals surface area contributed by atoms with Crippen molar-refractivity contribution in [2.24, 2.45) is 5.92 Å². The van der Waals surface area contributed by atoms with Gasteiger partial charge in [0.15, 0.2) is 0 Å². The summed E-state index contributed by atoms with van der Waals surface area (Å²) in [6.45, 7) is 5.35. The maximum Gasteiger partial charge on any atom is 0.126 e. The van der Waals surface area contributed by atoms with Gasteiger partial charge in [-0.05, 0) is 30.5 Å². The fourth-order valence-electron chi connectivity index (χ4n) is 1.53. The first kappa shape index (κ1) is 12.1. The van der Waals surface area contributed by atoms with Gasteiger partial charge in [-0.1, -0.05) is 20.3 Å². The smallest absolute Gasteiger partial charge is 0.126 e. The zero-order valence-corrected chi connectivity index (χ0v) is 9.22. The Morgan fingerprint density at radius 1 is 1.27 bits per heavy atom. The van der Waals surface area contributed by atoms with E-state index in [1.54, 1.807) is 6.92 Å². The first-order chi connectivity index (χ1) is 6.87. The number of benzene rings is 1. The minimum absolute atomic E-state index is 0.0568. The Morgan fingerprint density at radius 2 is 1.73 bits per heavy atom. The van der Waals surface area contributed by atoms with Crippen LogP contribution in [0, 0.1) is 17.6 Å². The normalized spacial score (nSPS) is 17.2. The molecule has 0 bridgehead atoms. The molecule has 2 unspecified atom stereocenters. The second-order valence-electron chi connectivity index (χ2n) is 4.11. The summed E-state index contributed by atoms with van der Waals surface area (Å²) in [4.78, 5) is 0. The van der Waals surface area contributed by atoms with Crippen LogP contribution in [0.15, 0.2) is 18.2 Å². The Morgan fingerprint density at radius 3 is 2.13 bits per heavy atom. The third-order valence-corrected chi connectivity index (χ3v) is 3.02. The summed E-state index contributed by atoms with van der Waals surface area (Å²) in [5.41, 5.74) is -0.910. The lowest BCUT2D eigenvalue weighted by Gasteiger charge is -2.30. The standard InChI is InChI=1S/C12H16F2O/c1-4-8(2)12(3,15)9-5-10(13)7-11(14)6-9/h5-8,15H,4H2,1-3H3. The molecule has 1 N–H and O–H groups in total. The van der Waals surface area contributed by atoms with Crippen molar-refractivity contribution in [2.45, 2.75) is 32.8 Å². The predicted octanol–water partition coefficient (Wildman–Crippen LogP) is 3.22. The summed E-state index contributed by atoms with van der Waals surface area (Å²) in [5.74, 6) is -1.37. The number of hydrogen-bond acceptors (Lipinski definition) is 1. The highest BCUT2D eigenvalue weighted by Crippen LogP contribution is 2.31. The molecule has 84 valence electrons. The number of aliphatic hydroxyl groups is 1. The van der Waals surface area contributed by atoms with E-state index in [1.165, 1.54) is 12.1 Å². The Balaban J connectivity index is 3.14.